The number of hydrogen-bond donors (Lipinski definition) is 3. The summed E-state index contributed by atoms with van der Waals surface area (Å²) in [6, 6.07) is 39.8. The Kier molecular flexibility index (Phi) is 14.6. The number of benzene rings is 6. The summed E-state index contributed by atoms with van der Waals surface area (Å²) in [5.74, 6) is 4.31. The van der Waals surface area contributed by atoms with E-state index in [0.717, 1.165) is 52.8 Å². The average molecular weight is 1050 g/mol. The standard InChI is InChI=1S/C64H64N4O10/c1-41(43-19-9-6-10-20-43)65-62(73)67-50-28-27-42(29-33-63(74)31-17-4-5-18-32-63)37-49(50)64(61(67)72)54(59(70)66-34-30-46-38-52(75-2)53(76-3)39-47(46)40-66)56-60(71)78-57(45-23-13-8-14-24-45)55(44-21-11-7-12-22-44)68(56)58(64)48-25-15-16-26-51(48)77-36-35-69/h6-16,19-28,37-39,41,54-58,69,74H,4-5,17-18,30-32,34-36,40H2,1-3H3,(H,65,73)/t41-,54+,55+,56+,57-,58-,64+/m1/s1. The van der Waals surface area contributed by atoms with Gasteiger partial charge in [-0.25, -0.2) is 9.69 Å². The lowest BCUT2D eigenvalue weighted by Crippen LogP contribution is -2.57. The van der Waals surface area contributed by atoms with E-state index >= 15 is 19.2 Å². The van der Waals surface area contributed by atoms with Gasteiger partial charge < -0.3 is 39.4 Å². The Morgan fingerprint density at radius 2 is 1.41 bits per heavy atom. The van der Waals surface area contributed by atoms with E-state index in [2.05, 4.69) is 17.2 Å². The maximum absolute atomic E-state index is 17.2. The third-order valence-electron chi connectivity index (χ3n) is 16.5. The van der Waals surface area contributed by atoms with Gasteiger partial charge in [0.05, 0.1) is 50.6 Å². The summed E-state index contributed by atoms with van der Waals surface area (Å²) in [7, 11) is 3.13. The van der Waals surface area contributed by atoms with Gasteiger partial charge >= 0.3 is 12.0 Å². The number of para-hydroxylation sites is 1. The largest absolute Gasteiger partial charge is 0.493 e. The highest BCUT2D eigenvalue weighted by Gasteiger charge is 2.76. The molecule has 5 aliphatic rings. The number of rotatable bonds is 11. The van der Waals surface area contributed by atoms with Gasteiger partial charge in [0, 0.05) is 24.2 Å². The molecule has 14 nitrogen and oxygen atoms in total. The highest BCUT2D eigenvalue weighted by Crippen LogP contribution is 2.67. The average Bonchev–Trinajstić information content (AvgIpc) is 4.05. The summed E-state index contributed by atoms with van der Waals surface area (Å²) >= 11 is 0. The monoisotopic (exact) mass is 1050 g/mol. The number of ether oxygens (including phenoxy) is 4. The third kappa shape index (κ3) is 9.23. The first-order valence-electron chi connectivity index (χ1n) is 27.0. The van der Waals surface area contributed by atoms with Crippen LogP contribution in [-0.4, -0.2) is 89.4 Å². The second kappa shape index (κ2) is 21.8. The maximum atomic E-state index is 17.2. The summed E-state index contributed by atoms with van der Waals surface area (Å²) in [6.45, 7) is 1.71. The van der Waals surface area contributed by atoms with E-state index < -0.39 is 71.0 Å². The molecular formula is C64H64N4O10. The zero-order valence-corrected chi connectivity index (χ0v) is 44.1. The minimum Gasteiger partial charge on any atom is -0.493 e. The van der Waals surface area contributed by atoms with Gasteiger partial charge in [-0.1, -0.05) is 134 Å². The highest BCUT2D eigenvalue weighted by atomic mass is 16.6. The predicted octanol–water partition coefficient (Wildman–Crippen LogP) is 9.23. The van der Waals surface area contributed by atoms with Crippen LogP contribution in [0.2, 0.25) is 0 Å². The van der Waals surface area contributed by atoms with Crippen molar-refractivity contribution in [2.75, 3.05) is 38.9 Å². The Bertz CT molecular complexity index is 3280. The Labute approximate surface area is 454 Å². The van der Waals surface area contributed by atoms with Gasteiger partial charge in [0.15, 0.2) is 11.5 Å². The number of morpholine rings is 1. The molecule has 0 aromatic heterocycles. The van der Waals surface area contributed by atoms with E-state index in [9.17, 15) is 10.2 Å². The van der Waals surface area contributed by atoms with Crippen LogP contribution in [0.1, 0.15) is 114 Å². The fourth-order valence-corrected chi connectivity index (χ4v) is 12.9. The number of cyclic esters (lactones) is 1. The van der Waals surface area contributed by atoms with Gasteiger partial charge in [-0.15, -0.1) is 0 Å². The van der Waals surface area contributed by atoms with Crippen molar-refractivity contribution in [1.82, 2.24) is 15.1 Å². The molecule has 6 aromatic carbocycles. The number of imide groups is 1. The Hall–Kier alpha value is -7.96. The summed E-state index contributed by atoms with van der Waals surface area (Å²) in [4.78, 5) is 70.2. The number of aliphatic hydroxyl groups is 2. The number of anilines is 1. The van der Waals surface area contributed by atoms with Gasteiger partial charge in [-0.2, -0.15) is 0 Å². The second-order valence-electron chi connectivity index (χ2n) is 21.0. The lowest BCUT2D eigenvalue weighted by molar-refractivity contribution is -0.179. The van der Waals surface area contributed by atoms with E-state index in [1.165, 1.54) is 0 Å². The summed E-state index contributed by atoms with van der Waals surface area (Å²) in [5.41, 5.74) is 2.00. The number of urea groups is 1. The first-order valence-corrected chi connectivity index (χ1v) is 27.0. The molecule has 0 radical (unpaired) electrons. The van der Waals surface area contributed by atoms with E-state index in [0.29, 0.717) is 58.8 Å². The Balaban J connectivity index is 1.20. The molecule has 1 aliphatic carbocycles. The number of amides is 4. The summed E-state index contributed by atoms with van der Waals surface area (Å²) in [5, 5.41) is 25.3. The molecular weight excluding hydrogens is 985 g/mol. The number of carbonyl (C=O) groups excluding carboxylic acids is 4. The summed E-state index contributed by atoms with van der Waals surface area (Å²) < 4.78 is 24.6. The van der Waals surface area contributed by atoms with Crippen molar-refractivity contribution in [1.29, 1.82) is 0 Å². The molecule has 78 heavy (non-hydrogen) atoms. The van der Waals surface area contributed by atoms with Crippen LogP contribution < -0.4 is 24.4 Å². The van der Waals surface area contributed by atoms with Crippen LogP contribution in [0.15, 0.2) is 146 Å². The van der Waals surface area contributed by atoms with Crippen LogP contribution >= 0.6 is 0 Å². The maximum Gasteiger partial charge on any atom is 0.329 e. The molecule has 6 aromatic rings. The fourth-order valence-electron chi connectivity index (χ4n) is 12.9. The zero-order valence-electron chi connectivity index (χ0n) is 44.1. The van der Waals surface area contributed by atoms with Crippen LogP contribution in [0.3, 0.4) is 0 Å². The molecule has 3 N–H and O–H groups in total. The van der Waals surface area contributed by atoms with Crippen molar-refractivity contribution in [2.45, 2.75) is 99.7 Å². The fraction of sp³-hybridized carbons (Fsp3) is 0.344. The van der Waals surface area contributed by atoms with Crippen molar-refractivity contribution in [3.8, 4) is 29.1 Å². The topological polar surface area (TPSA) is 167 Å². The second-order valence-corrected chi connectivity index (χ2v) is 21.0. The molecule has 0 bridgehead atoms. The van der Waals surface area contributed by atoms with Gasteiger partial charge in [-0.05, 0) is 109 Å². The molecule has 14 heteroatoms. The molecule has 4 amide bonds. The molecule has 2 saturated heterocycles. The number of nitrogens with zero attached hydrogens (tertiary/aromatic N) is 3. The van der Waals surface area contributed by atoms with Crippen molar-refractivity contribution < 1.29 is 48.3 Å². The first-order chi connectivity index (χ1) is 38.0. The van der Waals surface area contributed by atoms with Crippen molar-refractivity contribution in [3.63, 3.8) is 0 Å². The van der Waals surface area contributed by atoms with E-state index in [1.54, 1.807) is 49.5 Å². The van der Waals surface area contributed by atoms with Crippen LogP contribution in [0.5, 0.6) is 17.2 Å². The van der Waals surface area contributed by atoms with E-state index in [1.807, 2.05) is 127 Å². The third-order valence-corrected chi connectivity index (χ3v) is 16.5. The lowest BCUT2D eigenvalue weighted by atomic mass is 9.64. The van der Waals surface area contributed by atoms with Crippen LogP contribution in [0.25, 0.3) is 0 Å². The van der Waals surface area contributed by atoms with Crippen LogP contribution in [0.4, 0.5) is 10.5 Å². The normalized spacial score (nSPS) is 23.6. The zero-order chi connectivity index (χ0) is 54.1. The number of esters is 1. The number of nitrogens with one attached hydrogen (secondary N) is 1. The predicted molar refractivity (Wildman–Crippen MR) is 293 cm³/mol. The first kappa shape index (κ1) is 52.1. The number of fused-ring (bicyclic) bond motifs is 4. The minimum absolute atomic E-state index is 0.0996. The summed E-state index contributed by atoms with van der Waals surface area (Å²) in [6.07, 6.45) is 4.10. The van der Waals surface area contributed by atoms with E-state index in [-0.39, 0.29) is 32.0 Å². The molecule has 11 rings (SSSR count). The molecule has 3 fully saturated rings. The smallest absolute Gasteiger partial charge is 0.329 e. The molecule has 400 valence electrons. The highest BCUT2D eigenvalue weighted by molar-refractivity contribution is 6.25. The Morgan fingerprint density at radius 1 is 0.769 bits per heavy atom. The quantitative estimate of drug-likeness (QED) is 0.0643. The number of methoxy groups -OCH3 is 2. The van der Waals surface area contributed by atoms with Gasteiger partial charge in [0.2, 0.25) is 11.8 Å². The number of aliphatic hydroxyl groups excluding tert-OH is 1. The van der Waals surface area contributed by atoms with Gasteiger partial charge in [0.1, 0.15) is 35.5 Å². The number of hydrogen-bond acceptors (Lipinski definition) is 11. The molecule has 4 heterocycles. The van der Waals surface area contributed by atoms with Gasteiger partial charge in [0.25, 0.3) is 0 Å². The molecule has 1 saturated carbocycles. The van der Waals surface area contributed by atoms with Crippen LogP contribution in [0, 0.1) is 17.8 Å². The van der Waals surface area contributed by atoms with E-state index in [4.69, 9.17) is 18.9 Å². The lowest BCUT2D eigenvalue weighted by Gasteiger charge is -2.46. The molecule has 0 unspecified atom stereocenters. The van der Waals surface area contributed by atoms with Crippen molar-refractivity contribution >= 4 is 29.5 Å². The molecule has 4 aliphatic heterocycles. The van der Waals surface area contributed by atoms with Gasteiger partial charge in [-0.3, -0.25) is 19.3 Å². The Morgan fingerprint density at radius 3 is 2.09 bits per heavy atom. The SMILES string of the molecule is COc1cc2c(cc1OC)CN(C(=O)[C@@H]1[C@H]3C(=O)O[C@H](c4ccccc4)[C@H](c4ccccc4)N3[C@H](c3ccccc3OCCO)[C@@]13C(=O)N(C(=O)N[C@H](C)c1ccccc1)c1ccc(C#CC4(O)CCCCCC4)cc13)CC2. The molecule has 7 atom stereocenters. The minimum atomic E-state index is -2.12. The van der Waals surface area contributed by atoms with Crippen molar-refractivity contribution in [2.24, 2.45) is 5.92 Å². The van der Waals surface area contributed by atoms with Crippen LogP contribution in [-0.2, 0) is 37.5 Å². The molecule has 1 spiro atoms. The van der Waals surface area contributed by atoms with Crippen molar-refractivity contribution in [3.05, 3.63) is 190 Å². The number of carbonyl (C=O) groups is 4.